The molecule has 0 saturated heterocycles. The highest BCUT2D eigenvalue weighted by molar-refractivity contribution is 5.91. The number of nitrogens with two attached hydrogens (primary N) is 1. The zero-order valence-corrected chi connectivity index (χ0v) is 22.8. The van der Waals surface area contributed by atoms with Crippen LogP contribution in [-0.4, -0.2) is 10.5 Å². The molecule has 1 aromatic heterocycles. The fourth-order valence-electron chi connectivity index (χ4n) is 6.09. The lowest BCUT2D eigenvalue weighted by molar-refractivity contribution is -0.692. The van der Waals surface area contributed by atoms with Gasteiger partial charge in [-0.25, -0.2) is 9.13 Å². The Balaban J connectivity index is 0.00000320. The lowest BCUT2D eigenvalue weighted by Crippen LogP contribution is -3.00. The van der Waals surface area contributed by atoms with Crippen molar-refractivity contribution in [2.45, 2.75) is 44.2 Å². The summed E-state index contributed by atoms with van der Waals surface area (Å²) in [7, 11) is 0. The molecule has 3 aromatic carbocycles. The van der Waals surface area contributed by atoms with E-state index in [9.17, 15) is 4.79 Å². The lowest BCUT2D eigenvalue weighted by Gasteiger charge is -2.37. The summed E-state index contributed by atoms with van der Waals surface area (Å²) >= 11 is 0. The van der Waals surface area contributed by atoms with Gasteiger partial charge in [-0.15, -0.1) is 0 Å². The van der Waals surface area contributed by atoms with Gasteiger partial charge in [-0.1, -0.05) is 97.1 Å². The number of hydrogen-bond acceptors (Lipinski definition) is 1. The summed E-state index contributed by atoms with van der Waals surface area (Å²) in [5, 5.41) is 0. The maximum Gasteiger partial charge on any atom is 0.253 e. The summed E-state index contributed by atoms with van der Waals surface area (Å²) in [5.41, 5.74) is 8.62. The van der Waals surface area contributed by atoms with Gasteiger partial charge in [0.1, 0.15) is 30.4 Å². The van der Waals surface area contributed by atoms with Gasteiger partial charge >= 0.3 is 0 Å². The molecule has 2 atom stereocenters. The third-order valence-electron chi connectivity index (χ3n) is 7.87. The first-order chi connectivity index (χ1) is 17.6. The van der Waals surface area contributed by atoms with Gasteiger partial charge in [0, 0.05) is 6.92 Å². The molecule has 1 fully saturated rings. The quantitative estimate of drug-likeness (QED) is 0.334. The van der Waals surface area contributed by atoms with Crippen molar-refractivity contribution in [3.05, 3.63) is 132 Å². The molecule has 1 amide bonds. The number of carbonyl (C=O) groups excluding carboxylic acids is 1. The first kappa shape index (κ1) is 26.6. The second-order valence-corrected chi connectivity index (χ2v) is 9.79. The molecular formula is C32H34BrN3O. The maximum absolute atomic E-state index is 13.4. The molecule has 0 aliphatic heterocycles. The van der Waals surface area contributed by atoms with Crippen LogP contribution in [0.4, 0.5) is 0 Å². The molecule has 4 aromatic rings. The Morgan fingerprint density at radius 1 is 0.946 bits per heavy atom. The van der Waals surface area contributed by atoms with Crippen molar-refractivity contribution in [1.29, 1.82) is 0 Å². The van der Waals surface area contributed by atoms with Crippen molar-refractivity contribution in [2.75, 3.05) is 0 Å². The Hall–Kier alpha value is -3.44. The number of imidazole rings is 1. The Bertz CT molecular complexity index is 1290. The van der Waals surface area contributed by atoms with E-state index in [0.717, 1.165) is 36.9 Å². The Morgan fingerprint density at radius 3 is 2.08 bits per heavy atom. The summed E-state index contributed by atoms with van der Waals surface area (Å²) < 4.78 is 4.67. The SMILES string of the molecule is Cc1n([C@@H]2CC[C@H](C(C(N)=O)(c3ccccc3)c3ccccc3)C2)cc[n+]1CC=Cc1ccccc1.[Br-]. The molecule has 37 heavy (non-hydrogen) atoms. The summed E-state index contributed by atoms with van der Waals surface area (Å²) in [5.74, 6) is 1.08. The van der Waals surface area contributed by atoms with Crippen LogP contribution in [0.2, 0.25) is 0 Å². The number of nitrogens with zero attached hydrogens (tertiary/aromatic N) is 2. The van der Waals surface area contributed by atoms with Crippen molar-refractivity contribution in [2.24, 2.45) is 11.7 Å². The summed E-state index contributed by atoms with van der Waals surface area (Å²) in [4.78, 5) is 13.4. The number of hydrogen-bond donors (Lipinski definition) is 1. The molecule has 190 valence electrons. The van der Waals surface area contributed by atoms with E-state index >= 15 is 0 Å². The van der Waals surface area contributed by atoms with Crippen LogP contribution in [0.15, 0.2) is 109 Å². The third-order valence-corrected chi connectivity index (χ3v) is 7.87. The fraction of sp³-hybridized carbons (Fsp3) is 0.250. The van der Waals surface area contributed by atoms with Crippen LogP contribution in [0.5, 0.6) is 0 Å². The predicted molar refractivity (Wildman–Crippen MR) is 144 cm³/mol. The standard InChI is InChI=1S/C32H33N3O.BrH/c1-25-34(21-11-14-26-12-5-2-6-13-26)22-23-35(25)30-20-19-29(24-30)32(31(33)36,27-15-7-3-8-16-27)28-17-9-4-10-18-28;/h2-18,22-23,29-30H,19-21,24H2,1H3,(H-,33,36);1H/t29-,30+;/m0./s1. The Kier molecular flexibility index (Phi) is 8.45. The van der Waals surface area contributed by atoms with E-state index in [1.54, 1.807) is 0 Å². The van der Waals surface area contributed by atoms with Crippen LogP contribution < -0.4 is 27.3 Å². The molecule has 1 heterocycles. The minimum absolute atomic E-state index is 0. The first-order valence-electron chi connectivity index (χ1n) is 12.8. The third kappa shape index (κ3) is 5.19. The minimum Gasteiger partial charge on any atom is -1.00 e. The Morgan fingerprint density at radius 2 is 1.51 bits per heavy atom. The van der Waals surface area contributed by atoms with Crippen LogP contribution in [0.1, 0.15) is 47.8 Å². The second kappa shape index (κ2) is 11.7. The van der Waals surface area contributed by atoms with E-state index in [1.807, 2.05) is 42.5 Å². The molecule has 1 aliphatic carbocycles. The van der Waals surface area contributed by atoms with E-state index in [-0.39, 0.29) is 28.8 Å². The highest BCUT2D eigenvalue weighted by Crippen LogP contribution is 2.49. The van der Waals surface area contributed by atoms with E-state index in [1.165, 1.54) is 11.4 Å². The van der Waals surface area contributed by atoms with Crippen LogP contribution in [-0.2, 0) is 16.8 Å². The van der Waals surface area contributed by atoms with E-state index < -0.39 is 5.41 Å². The predicted octanol–water partition coefficient (Wildman–Crippen LogP) is 2.61. The molecule has 1 saturated carbocycles. The number of primary amides is 1. The van der Waals surface area contributed by atoms with Crippen molar-refractivity contribution >= 4 is 12.0 Å². The zero-order valence-electron chi connectivity index (χ0n) is 21.2. The van der Waals surface area contributed by atoms with Crippen molar-refractivity contribution in [3.63, 3.8) is 0 Å². The van der Waals surface area contributed by atoms with Crippen molar-refractivity contribution in [3.8, 4) is 0 Å². The van der Waals surface area contributed by atoms with Crippen molar-refractivity contribution in [1.82, 2.24) is 4.57 Å². The highest BCUT2D eigenvalue weighted by Gasteiger charge is 2.51. The molecule has 0 spiro atoms. The second-order valence-electron chi connectivity index (χ2n) is 9.79. The molecule has 5 rings (SSSR count). The normalized spacial score (nSPS) is 17.5. The molecule has 0 unspecified atom stereocenters. The van der Waals surface area contributed by atoms with Gasteiger partial charge in [-0.3, -0.25) is 4.79 Å². The largest absolute Gasteiger partial charge is 1.00 e. The number of rotatable bonds is 8. The molecule has 1 aliphatic rings. The van der Waals surface area contributed by atoms with Crippen LogP contribution >= 0.6 is 0 Å². The van der Waals surface area contributed by atoms with Gasteiger partial charge in [-0.05, 0) is 47.9 Å². The topological polar surface area (TPSA) is 51.9 Å². The number of allylic oxidation sites excluding steroid dienone is 1. The monoisotopic (exact) mass is 555 g/mol. The molecule has 0 bridgehead atoms. The number of amides is 1. The summed E-state index contributed by atoms with van der Waals surface area (Å²) in [6.07, 6.45) is 11.6. The average Bonchev–Trinajstić information content (AvgIpc) is 3.53. The Labute approximate surface area is 230 Å². The maximum atomic E-state index is 13.4. The molecule has 4 nitrogen and oxygen atoms in total. The average molecular weight is 557 g/mol. The highest BCUT2D eigenvalue weighted by atomic mass is 79.9. The van der Waals surface area contributed by atoms with E-state index in [2.05, 4.69) is 89.1 Å². The first-order valence-corrected chi connectivity index (χ1v) is 12.8. The van der Waals surface area contributed by atoms with Crippen LogP contribution in [0.25, 0.3) is 6.08 Å². The summed E-state index contributed by atoms with van der Waals surface area (Å²) in [6.45, 7) is 3.00. The summed E-state index contributed by atoms with van der Waals surface area (Å²) in [6, 6.07) is 30.9. The van der Waals surface area contributed by atoms with E-state index in [0.29, 0.717) is 6.04 Å². The van der Waals surface area contributed by atoms with Crippen LogP contribution in [0.3, 0.4) is 0 Å². The van der Waals surface area contributed by atoms with Gasteiger partial charge in [0.15, 0.2) is 0 Å². The smallest absolute Gasteiger partial charge is 0.253 e. The fourth-order valence-corrected chi connectivity index (χ4v) is 6.09. The van der Waals surface area contributed by atoms with Gasteiger partial charge < -0.3 is 22.7 Å². The van der Waals surface area contributed by atoms with Crippen molar-refractivity contribution < 1.29 is 26.3 Å². The number of halogens is 1. The van der Waals surface area contributed by atoms with Gasteiger partial charge in [0.2, 0.25) is 5.91 Å². The molecule has 5 heteroatoms. The molecule has 2 N–H and O–H groups in total. The number of aromatic nitrogens is 2. The van der Waals surface area contributed by atoms with Crippen LogP contribution in [0, 0.1) is 12.8 Å². The zero-order chi connectivity index (χ0) is 25.0. The van der Waals surface area contributed by atoms with E-state index in [4.69, 9.17) is 5.73 Å². The van der Waals surface area contributed by atoms with Gasteiger partial charge in [0.05, 0.1) is 0 Å². The molecule has 0 radical (unpaired) electrons. The number of benzene rings is 3. The van der Waals surface area contributed by atoms with Gasteiger partial charge in [0.25, 0.3) is 5.82 Å². The minimum atomic E-state index is -0.841. The molecular weight excluding hydrogens is 522 g/mol. The van der Waals surface area contributed by atoms with Gasteiger partial charge in [-0.2, -0.15) is 0 Å². The number of carbonyl (C=O) groups is 1. The lowest BCUT2D eigenvalue weighted by atomic mass is 9.64.